The Morgan fingerprint density at radius 1 is 1.42 bits per heavy atom. The van der Waals surface area contributed by atoms with Crippen molar-refractivity contribution in [3.8, 4) is 0 Å². The molecule has 0 heterocycles. The van der Waals surface area contributed by atoms with Crippen molar-refractivity contribution in [1.29, 1.82) is 0 Å². The lowest BCUT2D eigenvalue weighted by Crippen LogP contribution is -2.30. The van der Waals surface area contributed by atoms with E-state index < -0.39 is 23.5 Å². The Labute approximate surface area is 69.1 Å². The largest absolute Gasteiger partial charge is 0.480 e. The lowest BCUT2D eigenvalue weighted by molar-refractivity contribution is -0.148. The summed E-state index contributed by atoms with van der Waals surface area (Å²) >= 11 is 0. The second-order valence-electron chi connectivity index (χ2n) is 2.17. The molecule has 0 aromatic rings. The summed E-state index contributed by atoms with van der Waals surface area (Å²) in [6, 6.07) is 0. The van der Waals surface area contributed by atoms with Crippen LogP contribution in [0.1, 0.15) is 6.92 Å². The number of carboxylic acid groups (broad SMARTS) is 1. The minimum absolute atomic E-state index is 0.688. The van der Waals surface area contributed by atoms with E-state index in [0.29, 0.717) is 0 Å². The molecule has 12 heavy (non-hydrogen) atoms. The Hall–Kier alpha value is -1.52. The highest BCUT2D eigenvalue weighted by Gasteiger charge is 2.29. The van der Waals surface area contributed by atoms with Crippen LogP contribution in [0.4, 0.5) is 0 Å². The quantitative estimate of drug-likeness (QED) is 0.458. The number of aliphatic carboxylic acids is 1. The average Bonchev–Trinajstić information content (AvgIpc) is 1.85. The zero-order chi connectivity index (χ0) is 9.72. The number of carboxylic acids is 1. The molecule has 0 aliphatic heterocycles. The van der Waals surface area contributed by atoms with Crippen LogP contribution in [-0.4, -0.2) is 35.9 Å². The molecule has 0 spiro atoms. The molecular weight excluding hydrogens is 162 g/mol. The lowest BCUT2D eigenvalue weighted by atomic mass is 10.0. The molecule has 1 unspecified atom stereocenters. The number of Topliss-reactive ketones (excluding diaryl/α,β-unsaturated/α-hetero) is 2. The number of carbonyl (C=O) groups is 3. The Balaban J connectivity index is 4.64. The van der Waals surface area contributed by atoms with E-state index in [1.165, 1.54) is 7.05 Å². The smallest absolute Gasteiger partial charge is 0.322 e. The van der Waals surface area contributed by atoms with E-state index >= 15 is 0 Å². The first-order valence-electron chi connectivity index (χ1n) is 3.20. The van der Waals surface area contributed by atoms with Gasteiger partial charge in [-0.2, -0.15) is 0 Å². The zero-order valence-electron chi connectivity index (χ0n) is 6.77. The highest BCUT2D eigenvalue weighted by Crippen LogP contribution is 1.98. The highest BCUT2D eigenvalue weighted by atomic mass is 16.4. The molecule has 0 saturated carbocycles. The van der Waals surface area contributed by atoms with Crippen molar-refractivity contribution in [1.82, 2.24) is 0 Å². The summed E-state index contributed by atoms with van der Waals surface area (Å²) in [6.45, 7) is 1.06. The summed E-state index contributed by atoms with van der Waals surface area (Å²) in [7, 11) is 1.33. The normalized spacial score (nSPS) is 12.8. The van der Waals surface area contributed by atoms with Crippen LogP contribution in [0.3, 0.4) is 0 Å². The number of rotatable bonds is 4. The molecule has 0 bridgehead atoms. The molecule has 0 aromatic carbocycles. The van der Waals surface area contributed by atoms with E-state index in [0.717, 1.165) is 13.1 Å². The Bertz CT molecular complexity index is 230. The van der Waals surface area contributed by atoms with E-state index in [4.69, 9.17) is 5.11 Å². The van der Waals surface area contributed by atoms with E-state index in [1.54, 1.807) is 0 Å². The van der Waals surface area contributed by atoms with Crippen LogP contribution in [-0.2, 0) is 14.4 Å². The number of ketones is 2. The molecule has 0 rings (SSSR count). The van der Waals surface area contributed by atoms with Crippen molar-refractivity contribution >= 4 is 23.8 Å². The van der Waals surface area contributed by atoms with Crippen LogP contribution in [0.2, 0.25) is 0 Å². The van der Waals surface area contributed by atoms with E-state index in [9.17, 15) is 14.4 Å². The van der Waals surface area contributed by atoms with E-state index in [1.807, 2.05) is 0 Å². The van der Waals surface area contributed by atoms with Gasteiger partial charge < -0.3 is 5.11 Å². The van der Waals surface area contributed by atoms with Crippen LogP contribution in [0.5, 0.6) is 0 Å². The third-order valence-corrected chi connectivity index (χ3v) is 1.19. The van der Waals surface area contributed by atoms with Crippen LogP contribution >= 0.6 is 0 Å². The minimum atomic E-state index is -1.60. The van der Waals surface area contributed by atoms with Crippen molar-refractivity contribution in [2.45, 2.75) is 6.92 Å². The summed E-state index contributed by atoms with van der Waals surface area (Å²) in [6.07, 6.45) is 0.834. The molecule has 5 heteroatoms. The first-order valence-corrected chi connectivity index (χ1v) is 3.20. The van der Waals surface area contributed by atoms with Gasteiger partial charge in [0.2, 0.25) is 0 Å². The van der Waals surface area contributed by atoms with Gasteiger partial charge in [-0.1, -0.05) is 0 Å². The first-order chi connectivity index (χ1) is 5.50. The molecule has 66 valence electrons. The van der Waals surface area contributed by atoms with Crippen molar-refractivity contribution in [2.75, 3.05) is 7.05 Å². The third kappa shape index (κ3) is 2.61. The van der Waals surface area contributed by atoms with Gasteiger partial charge in [0, 0.05) is 7.05 Å². The monoisotopic (exact) mass is 171 g/mol. The standard InChI is InChI=1S/C7H9NO4/c1-4(9)6(7(11)12)5(10)3-8-2/h3,6H,1-2H3,(H,11,12). The maximum atomic E-state index is 10.9. The molecule has 5 nitrogen and oxygen atoms in total. The Kier molecular flexibility index (Phi) is 3.82. The lowest BCUT2D eigenvalue weighted by Gasteiger charge is -2.01. The molecule has 0 aromatic heterocycles. The molecule has 0 fully saturated rings. The zero-order valence-corrected chi connectivity index (χ0v) is 6.77. The topological polar surface area (TPSA) is 83.8 Å². The molecule has 0 aliphatic carbocycles. The van der Waals surface area contributed by atoms with E-state index in [2.05, 4.69) is 4.99 Å². The molecular formula is C7H9NO4. The van der Waals surface area contributed by atoms with Crippen LogP contribution in [0, 0.1) is 5.92 Å². The second kappa shape index (κ2) is 4.38. The molecule has 0 saturated heterocycles. The fourth-order valence-corrected chi connectivity index (χ4v) is 0.698. The number of hydrogen-bond donors (Lipinski definition) is 1. The Morgan fingerprint density at radius 2 is 1.92 bits per heavy atom. The van der Waals surface area contributed by atoms with Gasteiger partial charge >= 0.3 is 5.97 Å². The van der Waals surface area contributed by atoms with Gasteiger partial charge in [-0.25, -0.2) is 0 Å². The van der Waals surface area contributed by atoms with Gasteiger partial charge in [-0.3, -0.25) is 19.4 Å². The highest BCUT2D eigenvalue weighted by molar-refractivity contribution is 6.38. The van der Waals surface area contributed by atoms with E-state index in [-0.39, 0.29) is 0 Å². The average molecular weight is 171 g/mol. The van der Waals surface area contributed by atoms with Crippen LogP contribution in [0.25, 0.3) is 0 Å². The first kappa shape index (κ1) is 10.5. The molecule has 0 radical (unpaired) electrons. The predicted octanol–water partition coefficient (Wildman–Crippen LogP) is -0.454. The van der Waals surface area contributed by atoms with Gasteiger partial charge in [0.25, 0.3) is 0 Å². The summed E-state index contributed by atoms with van der Waals surface area (Å²) in [5.41, 5.74) is 0. The van der Waals surface area contributed by atoms with Crippen LogP contribution in [0.15, 0.2) is 4.99 Å². The molecule has 1 N–H and O–H groups in total. The fourth-order valence-electron chi connectivity index (χ4n) is 0.698. The molecule has 1 atom stereocenters. The fraction of sp³-hybridized carbons (Fsp3) is 0.429. The van der Waals surface area contributed by atoms with Crippen molar-refractivity contribution in [3.63, 3.8) is 0 Å². The minimum Gasteiger partial charge on any atom is -0.480 e. The van der Waals surface area contributed by atoms with Crippen LogP contribution < -0.4 is 0 Å². The van der Waals surface area contributed by atoms with Gasteiger partial charge in [0.1, 0.15) is 0 Å². The predicted molar refractivity (Wildman–Crippen MR) is 41.2 cm³/mol. The van der Waals surface area contributed by atoms with Crippen molar-refractivity contribution in [3.05, 3.63) is 0 Å². The number of aliphatic imine (C=N–C) groups is 1. The number of carbonyl (C=O) groups excluding carboxylic acids is 2. The maximum absolute atomic E-state index is 10.9. The summed E-state index contributed by atoms with van der Waals surface area (Å²) < 4.78 is 0. The van der Waals surface area contributed by atoms with Gasteiger partial charge in [-0.15, -0.1) is 0 Å². The van der Waals surface area contributed by atoms with Crippen molar-refractivity contribution in [2.24, 2.45) is 10.9 Å². The van der Waals surface area contributed by atoms with Gasteiger partial charge in [0.05, 0.1) is 6.21 Å². The summed E-state index contributed by atoms with van der Waals surface area (Å²) in [5, 5.41) is 8.44. The van der Waals surface area contributed by atoms with Crippen molar-refractivity contribution < 1.29 is 19.5 Å². The second-order valence-corrected chi connectivity index (χ2v) is 2.17. The number of nitrogens with zero attached hydrogens (tertiary/aromatic N) is 1. The van der Waals surface area contributed by atoms with Gasteiger partial charge in [-0.05, 0) is 6.92 Å². The molecule has 0 aliphatic rings. The Morgan fingerprint density at radius 3 is 2.17 bits per heavy atom. The number of hydrogen-bond acceptors (Lipinski definition) is 4. The summed E-state index contributed by atoms with van der Waals surface area (Å²) in [4.78, 5) is 35.2. The van der Waals surface area contributed by atoms with Gasteiger partial charge in [0.15, 0.2) is 17.5 Å². The molecule has 0 amide bonds. The SMILES string of the molecule is CN=CC(=O)C(C(C)=O)C(=O)O. The third-order valence-electron chi connectivity index (χ3n) is 1.19. The summed E-state index contributed by atoms with van der Waals surface area (Å²) in [5.74, 6) is -4.52. The maximum Gasteiger partial charge on any atom is 0.322 e.